The Kier molecular flexibility index (Phi) is 5.83. The molecular formula is C26H26ClN3O2. The second-order valence-corrected chi connectivity index (χ2v) is 9.30. The number of rotatable bonds is 5. The van der Waals surface area contributed by atoms with Gasteiger partial charge in [-0.2, -0.15) is 0 Å². The van der Waals surface area contributed by atoms with Gasteiger partial charge in [-0.05, 0) is 66.6 Å². The molecule has 2 aliphatic rings. The quantitative estimate of drug-likeness (QED) is 0.540. The minimum atomic E-state index is -0.102. The predicted molar refractivity (Wildman–Crippen MR) is 126 cm³/mol. The van der Waals surface area contributed by atoms with E-state index < -0.39 is 0 Å². The fraction of sp³-hybridized carbons (Fsp3) is 0.346. The molecule has 2 aromatic carbocycles. The number of nitrogens with zero attached hydrogens (tertiary/aromatic N) is 2. The molecule has 6 heteroatoms. The molecule has 3 aromatic rings. The fourth-order valence-electron chi connectivity index (χ4n) is 4.86. The molecular weight excluding hydrogens is 422 g/mol. The first-order valence-corrected chi connectivity index (χ1v) is 11.7. The van der Waals surface area contributed by atoms with Crippen molar-refractivity contribution in [3.63, 3.8) is 0 Å². The largest absolute Gasteiger partial charge is 0.508 e. The molecule has 1 saturated carbocycles. The first kappa shape index (κ1) is 21.0. The van der Waals surface area contributed by atoms with Crippen LogP contribution in [0.5, 0.6) is 5.75 Å². The Morgan fingerprint density at radius 2 is 1.84 bits per heavy atom. The molecule has 1 fully saturated rings. The van der Waals surface area contributed by atoms with Crippen molar-refractivity contribution in [1.82, 2.24) is 9.97 Å². The molecule has 1 aromatic heterocycles. The van der Waals surface area contributed by atoms with Crippen LogP contribution in [0.2, 0.25) is 5.02 Å². The van der Waals surface area contributed by atoms with Crippen molar-refractivity contribution in [1.29, 1.82) is 0 Å². The Bertz CT molecular complexity index is 1150. The summed E-state index contributed by atoms with van der Waals surface area (Å²) in [5, 5.41) is 13.6. The van der Waals surface area contributed by atoms with E-state index in [2.05, 4.69) is 5.32 Å². The third-order valence-electron chi connectivity index (χ3n) is 6.51. The standard InChI is InChI=1S/C26H26ClN3O2/c27-19-8-5-17(6-9-19)14-24(32)30-26-23(13-16-3-1-2-4-16)28-25-21-11-10-20(31)15-18(21)7-12-22(25)29-26/h5-6,8-11,15-16,31H,1-4,7,12-14H2,(H,29,30,32). The molecule has 2 aliphatic carbocycles. The van der Waals surface area contributed by atoms with Crippen LogP contribution in [0.25, 0.3) is 11.3 Å². The van der Waals surface area contributed by atoms with Crippen LogP contribution < -0.4 is 5.32 Å². The van der Waals surface area contributed by atoms with Gasteiger partial charge in [-0.15, -0.1) is 0 Å². The lowest BCUT2D eigenvalue weighted by Gasteiger charge is -2.22. The first-order chi connectivity index (χ1) is 15.5. The number of aromatic nitrogens is 2. The van der Waals surface area contributed by atoms with Crippen LogP contribution in [0, 0.1) is 5.92 Å². The molecule has 2 N–H and O–H groups in total. The summed E-state index contributed by atoms with van der Waals surface area (Å²) in [5.41, 5.74) is 5.68. The molecule has 164 valence electrons. The van der Waals surface area contributed by atoms with Gasteiger partial charge in [-0.3, -0.25) is 4.79 Å². The Morgan fingerprint density at radius 3 is 2.62 bits per heavy atom. The normalized spacial score (nSPS) is 15.3. The monoisotopic (exact) mass is 447 g/mol. The van der Waals surface area contributed by atoms with Crippen molar-refractivity contribution in [2.24, 2.45) is 5.92 Å². The van der Waals surface area contributed by atoms with Crippen LogP contribution >= 0.6 is 11.6 Å². The van der Waals surface area contributed by atoms with Gasteiger partial charge in [0.15, 0.2) is 5.82 Å². The highest BCUT2D eigenvalue weighted by Gasteiger charge is 2.25. The average Bonchev–Trinajstić information content (AvgIpc) is 3.29. The maximum Gasteiger partial charge on any atom is 0.229 e. The lowest BCUT2D eigenvalue weighted by molar-refractivity contribution is -0.115. The number of halogens is 1. The molecule has 0 aliphatic heterocycles. The van der Waals surface area contributed by atoms with Crippen LogP contribution in [-0.4, -0.2) is 21.0 Å². The summed E-state index contributed by atoms with van der Waals surface area (Å²) in [7, 11) is 0. The number of anilines is 1. The minimum absolute atomic E-state index is 0.102. The summed E-state index contributed by atoms with van der Waals surface area (Å²) in [5.74, 6) is 1.35. The van der Waals surface area contributed by atoms with E-state index in [4.69, 9.17) is 21.6 Å². The third kappa shape index (κ3) is 4.49. The van der Waals surface area contributed by atoms with E-state index >= 15 is 0 Å². The molecule has 1 heterocycles. The van der Waals surface area contributed by atoms with Gasteiger partial charge in [-0.1, -0.05) is 49.4 Å². The molecule has 0 radical (unpaired) electrons. The number of carbonyl (C=O) groups excluding carboxylic acids is 1. The summed E-state index contributed by atoms with van der Waals surface area (Å²) in [6, 6.07) is 12.8. The van der Waals surface area contributed by atoms with E-state index in [-0.39, 0.29) is 18.1 Å². The van der Waals surface area contributed by atoms with E-state index in [0.29, 0.717) is 16.8 Å². The summed E-state index contributed by atoms with van der Waals surface area (Å²) >= 11 is 5.96. The molecule has 0 saturated heterocycles. The van der Waals surface area contributed by atoms with Crippen LogP contribution in [0.15, 0.2) is 42.5 Å². The number of amides is 1. The molecule has 0 unspecified atom stereocenters. The molecule has 0 bridgehead atoms. The second kappa shape index (κ2) is 8.91. The van der Waals surface area contributed by atoms with Crippen LogP contribution in [0.4, 0.5) is 5.82 Å². The number of fused-ring (bicyclic) bond motifs is 3. The number of phenolic OH excluding ortho intramolecular Hbond substituents is 1. The number of nitrogens with one attached hydrogen (secondary N) is 1. The maximum atomic E-state index is 12.8. The zero-order chi connectivity index (χ0) is 22.1. The van der Waals surface area contributed by atoms with Crippen LogP contribution in [0.1, 0.15) is 48.2 Å². The predicted octanol–water partition coefficient (Wildman–Crippen LogP) is 5.52. The number of aromatic hydroxyl groups is 1. The Hall–Kier alpha value is -2.92. The van der Waals surface area contributed by atoms with E-state index in [0.717, 1.165) is 53.0 Å². The number of aryl methyl sites for hydroxylation is 2. The zero-order valence-corrected chi connectivity index (χ0v) is 18.7. The van der Waals surface area contributed by atoms with Gasteiger partial charge in [0.2, 0.25) is 5.91 Å². The van der Waals surface area contributed by atoms with Gasteiger partial charge in [0.1, 0.15) is 5.75 Å². The van der Waals surface area contributed by atoms with Crippen molar-refractivity contribution < 1.29 is 9.90 Å². The van der Waals surface area contributed by atoms with Gasteiger partial charge in [0, 0.05) is 10.6 Å². The van der Waals surface area contributed by atoms with Crippen LogP contribution in [0.3, 0.4) is 0 Å². The highest BCUT2D eigenvalue weighted by molar-refractivity contribution is 6.30. The van der Waals surface area contributed by atoms with E-state index in [1.165, 1.54) is 25.7 Å². The SMILES string of the molecule is O=C(Cc1ccc(Cl)cc1)Nc1nc2c(nc1CC1CCCC1)-c1ccc(O)cc1CC2. The van der Waals surface area contributed by atoms with Gasteiger partial charge >= 0.3 is 0 Å². The van der Waals surface area contributed by atoms with Crippen molar-refractivity contribution in [2.45, 2.75) is 51.4 Å². The number of phenols is 1. The highest BCUT2D eigenvalue weighted by atomic mass is 35.5. The average molecular weight is 448 g/mol. The number of hydrogen-bond acceptors (Lipinski definition) is 4. The molecule has 1 amide bonds. The highest BCUT2D eigenvalue weighted by Crippen LogP contribution is 2.36. The Balaban J connectivity index is 1.46. The van der Waals surface area contributed by atoms with Gasteiger partial charge in [0.25, 0.3) is 0 Å². The molecule has 0 spiro atoms. The van der Waals surface area contributed by atoms with Crippen molar-refractivity contribution >= 4 is 23.3 Å². The summed E-state index contributed by atoms with van der Waals surface area (Å²) in [4.78, 5) is 22.8. The molecule has 0 atom stereocenters. The number of carbonyl (C=O) groups is 1. The lowest BCUT2D eigenvalue weighted by atomic mass is 9.91. The summed E-state index contributed by atoms with van der Waals surface area (Å²) in [6.07, 6.45) is 7.52. The summed E-state index contributed by atoms with van der Waals surface area (Å²) in [6.45, 7) is 0. The summed E-state index contributed by atoms with van der Waals surface area (Å²) < 4.78 is 0. The third-order valence-corrected chi connectivity index (χ3v) is 6.76. The Labute approximate surface area is 192 Å². The van der Waals surface area contributed by atoms with E-state index in [1.54, 1.807) is 18.2 Å². The zero-order valence-electron chi connectivity index (χ0n) is 17.9. The second-order valence-electron chi connectivity index (χ2n) is 8.86. The smallest absolute Gasteiger partial charge is 0.229 e. The topological polar surface area (TPSA) is 75.1 Å². The van der Waals surface area contributed by atoms with E-state index in [1.807, 2.05) is 24.3 Å². The van der Waals surface area contributed by atoms with Crippen molar-refractivity contribution in [2.75, 3.05) is 5.32 Å². The molecule has 5 rings (SSSR count). The minimum Gasteiger partial charge on any atom is -0.508 e. The van der Waals surface area contributed by atoms with Gasteiger partial charge in [-0.25, -0.2) is 9.97 Å². The molecule has 32 heavy (non-hydrogen) atoms. The maximum absolute atomic E-state index is 12.8. The number of hydrogen-bond donors (Lipinski definition) is 2. The van der Waals surface area contributed by atoms with Crippen molar-refractivity contribution in [3.8, 4) is 17.0 Å². The fourth-order valence-corrected chi connectivity index (χ4v) is 4.99. The Morgan fingerprint density at radius 1 is 1.06 bits per heavy atom. The lowest BCUT2D eigenvalue weighted by Crippen LogP contribution is -2.20. The van der Waals surface area contributed by atoms with Crippen molar-refractivity contribution in [3.05, 3.63) is 70.0 Å². The first-order valence-electron chi connectivity index (χ1n) is 11.3. The van der Waals surface area contributed by atoms with Gasteiger partial charge < -0.3 is 10.4 Å². The number of benzene rings is 2. The van der Waals surface area contributed by atoms with Crippen LogP contribution in [-0.2, 0) is 30.5 Å². The van der Waals surface area contributed by atoms with Gasteiger partial charge in [0.05, 0.1) is 23.5 Å². The molecule has 5 nitrogen and oxygen atoms in total. The van der Waals surface area contributed by atoms with E-state index in [9.17, 15) is 9.90 Å².